The minimum absolute atomic E-state index is 0.115. The summed E-state index contributed by atoms with van der Waals surface area (Å²) in [5.74, 6) is -5.02. The number of carbonyl (C=O) groups is 2. The Labute approximate surface area is 105 Å². The number of hydrogen-bond acceptors (Lipinski definition) is 2. The summed E-state index contributed by atoms with van der Waals surface area (Å²) in [7, 11) is 0. The SMILES string of the molecule is O=C(O)C(CC(F)(F)F)C(=O)c1ccc(Cl)cc1. The van der Waals surface area contributed by atoms with Crippen molar-refractivity contribution in [3.8, 4) is 0 Å². The van der Waals surface area contributed by atoms with Gasteiger partial charge in [0.2, 0.25) is 0 Å². The molecule has 1 atom stereocenters. The molecule has 0 aliphatic heterocycles. The Balaban J connectivity index is 2.96. The monoisotopic (exact) mass is 280 g/mol. The van der Waals surface area contributed by atoms with Gasteiger partial charge < -0.3 is 5.11 Å². The van der Waals surface area contributed by atoms with Gasteiger partial charge in [-0.15, -0.1) is 0 Å². The molecular weight excluding hydrogens is 273 g/mol. The van der Waals surface area contributed by atoms with E-state index in [2.05, 4.69) is 0 Å². The molecule has 1 N–H and O–H groups in total. The van der Waals surface area contributed by atoms with Gasteiger partial charge in [-0.25, -0.2) is 0 Å². The smallest absolute Gasteiger partial charge is 0.390 e. The lowest BCUT2D eigenvalue weighted by Gasteiger charge is -2.13. The van der Waals surface area contributed by atoms with Crippen molar-refractivity contribution in [2.24, 2.45) is 5.92 Å². The molecule has 0 bridgehead atoms. The summed E-state index contributed by atoms with van der Waals surface area (Å²) in [5, 5.41) is 8.98. The number of ketones is 1. The molecule has 0 amide bonds. The second-order valence-electron chi connectivity index (χ2n) is 3.58. The highest BCUT2D eigenvalue weighted by molar-refractivity contribution is 6.30. The maximum absolute atomic E-state index is 12.2. The molecule has 1 rings (SSSR count). The lowest BCUT2D eigenvalue weighted by atomic mass is 9.94. The fourth-order valence-electron chi connectivity index (χ4n) is 1.34. The molecule has 0 aliphatic carbocycles. The quantitative estimate of drug-likeness (QED) is 0.681. The molecule has 7 heteroatoms. The Bertz CT molecular complexity index is 454. The van der Waals surface area contributed by atoms with E-state index in [0.29, 0.717) is 5.02 Å². The molecule has 18 heavy (non-hydrogen) atoms. The summed E-state index contributed by atoms with van der Waals surface area (Å²) in [6.07, 6.45) is -6.41. The summed E-state index contributed by atoms with van der Waals surface area (Å²) in [4.78, 5) is 22.4. The third kappa shape index (κ3) is 4.03. The first-order chi connectivity index (χ1) is 8.20. The number of Topliss-reactive ketones (excluding diaryl/α,β-unsaturated/α-hetero) is 1. The van der Waals surface area contributed by atoms with Crippen LogP contribution < -0.4 is 0 Å². The van der Waals surface area contributed by atoms with Gasteiger partial charge in [0, 0.05) is 10.6 Å². The zero-order chi connectivity index (χ0) is 13.9. The normalized spacial score (nSPS) is 13.1. The molecular formula is C11H8ClF3O3. The largest absolute Gasteiger partial charge is 0.481 e. The topological polar surface area (TPSA) is 54.4 Å². The number of carbonyl (C=O) groups excluding carboxylic acids is 1. The van der Waals surface area contributed by atoms with Gasteiger partial charge in [-0.05, 0) is 24.3 Å². The number of halogens is 4. The number of carboxylic acid groups (broad SMARTS) is 1. The van der Waals surface area contributed by atoms with Gasteiger partial charge in [0.25, 0.3) is 0 Å². The van der Waals surface area contributed by atoms with Crippen molar-refractivity contribution in [3.05, 3.63) is 34.9 Å². The van der Waals surface area contributed by atoms with Gasteiger partial charge in [-0.2, -0.15) is 13.2 Å². The summed E-state index contributed by atoms with van der Waals surface area (Å²) < 4.78 is 36.5. The lowest BCUT2D eigenvalue weighted by Crippen LogP contribution is -2.29. The molecule has 0 aromatic heterocycles. The molecule has 98 valence electrons. The number of benzene rings is 1. The molecule has 0 radical (unpaired) electrons. The van der Waals surface area contributed by atoms with Gasteiger partial charge in [-0.1, -0.05) is 11.6 Å². The summed E-state index contributed by atoms with van der Waals surface area (Å²) >= 11 is 5.56. The maximum atomic E-state index is 12.2. The Morgan fingerprint density at radius 1 is 1.22 bits per heavy atom. The van der Waals surface area contributed by atoms with Gasteiger partial charge in [0.1, 0.15) is 5.92 Å². The van der Waals surface area contributed by atoms with Crippen molar-refractivity contribution in [2.45, 2.75) is 12.6 Å². The average Bonchev–Trinajstić information content (AvgIpc) is 2.24. The first kappa shape index (κ1) is 14.5. The highest BCUT2D eigenvalue weighted by Gasteiger charge is 2.39. The van der Waals surface area contributed by atoms with Crippen molar-refractivity contribution in [1.29, 1.82) is 0 Å². The van der Waals surface area contributed by atoms with Crippen molar-refractivity contribution in [1.82, 2.24) is 0 Å². The Kier molecular flexibility index (Phi) is 4.34. The van der Waals surface area contributed by atoms with Crippen LogP contribution in [-0.4, -0.2) is 23.0 Å². The molecule has 1 aromatic rings. The van der Waals surface area contributed by atoms with Crippen molar-refractivity contribution in [2.75, 3.05) is 0 Å². The number of alkyl halides is 3. The van der Waals surface area contributed by atoms with E-state index in [1.54, 1.807) is 0 Å². The van der Waals surface area contributed by atoms with Crippen LogP contribution in [-0.2, 0) is 4.79 Å². The van der Waals surface area contributed by atoms with Crippen LogP contribution in [0.5, 0.6) is 0 Å². The molecule has 0 saturated carbocycles. The highest BCUT2D eigenvalue weighted by Crippen LogP contribution is 2.27. The van der Waals surface area contributed by atoms with Gasteiger partial charge in [-0.3, -0.25) is 9.59 Å². The predicted molar refractivity (Wildman–Crippen MR) is 57.6 cm³/mol. The first-order valence-electron chi connectivity index (χ1n) is 4.80. The minimum atomic E-state index is -4.72. The Morgan fingerprint density at radius 3 is 2.11 bits per heavy atom. The fraction of sp³-hybridized carbons (Fsp3) is 0.273. The average molecular weight is 281 g/mol. The summed E-state index contributed by atoms with van der Waals surface area (Å²) in [5.41, 5.74) is -0.115. The van der Waals surface area contributed by atoms with E-state index in [1.807, 2.05) is 0 Å². The molecule has 0 saturated heterocycles. The third-order valence-electron chi connectivity index (χ3n) is 2.18. The fourth-order valence-corrected chi connectivity index (χ4v) is 1.46. The minimum Gasteiger partial charge on any atom is -0.481 e. The number of carboxylic acids is 1. The molecule has 0 heterocycles. The van der Waals surface area contributed by atoms with E-state index in [4.69, 9.17) is 16.7 Å². The van der Waals surface area contributed by atoms with Gasteiger partial charge >= 0.3 is 12.1 Å². The van der Waals surface area contributed by atoms with Crippen molar-refractivity contribution < 1.29 is 27.9 Å². The van der Waals surface area contributed by atoms with E-state index < -0.39 is 30.3 Å². The maximum Gasteiger partial charge on any atom is 0.390 e. The second kappa shape index (κ2) is 5.39. The zero-order valence-electron chi connectivity index (χ0n) is 8.87. The van der Waals surface area contributed by atoms with E-state index in [1.165, 1.54) is 24.3 Å². The van der Waals surface area contributed by atoms with Crippen molar-refractivity contribution >= 4 is 23.4 Å². The molecule has 1 aromatic carbocycles. The molecule has 0 fully saturated rings. The van der Waals surface area contributed by atoms with Crippen LogP contribution in [0.3, 0.4) is 0 Å². The Morgan fingerprint density at radius 2 is 1.72 bits per heavy atom. The van der Waals surface area contributed by atoms with Gasteiger partial charge in [0.15, 0.2) is 5.78 Å². The van der Waals surface area contributed by atoms with Crippen LogP contribution in [0.2, 0.25) is 5.02 Å². The van der Waals surface area contributed by atoms with E-state index in [-0.39, 0.29) is 5.56 Å². The number of aliphatic carboxylic acids is 1. The van der Waals surface area contributed by atoms with Crippen LogP contribution in [0, 0.1) is 5.92 Å². The molecule has 1 unspecified atom stereocenters. The van der Waals surface area contributed by atoms with Crippen LogP contribution in [0.1, 0.15) is 16.8 Å². The Hall–Kier alpha value is -1.56. The number of hydrogen-bond donors (Lipinski definition) is 1. The third-order valence-corrected chi connectivity index (χ3v) is 2.43. The highest BCUT2D eigenvalue weighted by atomic mass is 35.5. The van der Waals surface area contributed by atoms with Crippen molar-refractivity contribution in [3.63, 3.8) is 0 Å². The standard InChI is InChI=1S/C11H8ClF3O3/c12-7-3-1-6(2-4-7)9(16)8(10(17)18)5-11(13,14)15/h1-4,8H,5H2,(H,17,18). The molecule has 0 spiro atoms. The van der Waals surface area contributed by atoms with E-state index >= 15 is 0 Å². The van der Waals surface area contributed by atoms with Crippen LogP contribution in [0.25, 0.3) is 0 Å². The zero-order valence-corrected chi connectivity index (χ0v) is 9.63. The lowest BCUT2D eigenvalue weighted by molar-refractivity contribution is -0.159. The van der Waals surface area contributed by atoms with Crippen LogP contribution >= 0.6 is 11.6 Å². The van der Waals surface area contributed by atoms with E-state index in [0.717, 1.165) is 0 Å². The van der Waals surface area contributed by atoms with Crippen LogP contribution in [0.15, 0.2) is 24.3 Å². The second-order valence-corrected chi connectivity index (χ2v) is 4.02. The molecule has 0 aliphatic rings. The van der Waals surface area contributed by atoms with E-state index in [9.17, 15) is 22.8 Å². The number of rotatable bonds is 4. The first-order valence-corrected chi connectivity index (χ1v) is 5.18. The molecule has 3 nitrogen and oxygen atoms in total. The predicted octanol–water partition coefficient (Wildman–Crippen LogP) is 3.18. The summed E-state index contributed by atoms with van der Waals surface area (Å²) in [6, 6.07) is 5.00. The van der Waals surface area contributed by atoms with Crippen LogP contribution in [0.4, 0.5) is 13.2 Å². The summed E-state index contributed by atoms with van der Waals surface area (Å²) in [6.45, 7) is 0. The van der Waals surface area contributed by atoms with Gasteiger partial charge in [0.05, 0.1) is 6.42 Å².